The molecule has 0 saturated heterocycles. The number of carboxylic acid groups (broad SMARTS) is 1. The van der Waals surface area contributed by atoms with Gasteiger partial charge >= 0.3 is 5.97 Å². The van der Waals surface area contributed by atoms with E-state index in [1.54, 1.807) is 0 Å². The summed E-state index contributed by atoms with van der Waals surface area (Å²) in [6, 6.07) is 0.274. The molecular formula is C10H19NO3. The lowest BCUT2D eigenvalue weighted by Crippen LogP contribution is -2.29. The molecule has 4 heteroatoms. The van der Waals surface area contributed by atoms with E-state index in [9.17, 15) is 4.79 Å². The summed E-state index contributed by atoms with van der Waals surface area (Å²) in [5.41, 5.74) is 5.81. The summed E-state index contributed by atoms with van der Waals surface area (Å²) in [7, 11) is 0. The van der Waals surface area contributed by atoms with Crippen molar-refractivity contribution in [2.75, 3.05) is 0 Å². The third-order valence-corrected chi connectivity index (χ3v) is 2.96. The van der Waals surface area contributed by atoms with Crippen LogP contribution in [0, 0.1) is 5.92 Å². The maximum absolute atomic E-state index is 10.4. The zero-order valence-corrected chi connectivity index (χ0v) is 8.35. The van der Waals surface area contributed by atoms with Crippen LogP contribution in [0.2, 0.25) is 0 Å². The Labute approximate surface area is 84.1 Å². The van der Waals surface area contributed by atoms with Crippen LogP contribution < -0.4 is 5.73 Å². The molecule has 0 amide bonds. The van der Waals surface area contributed by atoms with Crippen LogP contribution in [0.1, 0.15) is 38.5 Å². The molecule has 4 N–H and O–H groups in total. The minimum Gasteiger partial charge on any atom is -0.479 e. The molecule has 1 unspecified atom stereocenters. The Kier molecular flexibility index (Phi) is 4.35. The lowest BCUT2D eigenvalue weighted by Gasteiger charge is -2.26. The molecule has 0 aromatic rings. The quantitative estimate of drug-likeness (QED) is 0.626. The number of nitrogens with two attached hydrogens (primary N) is 1. The number of aliphatic carboxylic acids is 1. The number of hydrogen-bond acceptors (Lipinski definition) is 3. The molecule has 0 aromatic heterocycles. The molecule has 0 spiro atoms. The molecule has 3 atom stereocenters. The molecule has 82 valence electrons. The van der Waals surface area contributed by atoms with Gasteiger partial charge in [-0.2, -0.15) is 0 Å². The first-order valence-electron chi connectivity index (χ1n) is 5.26. The first-order chi connectivity index (χ1) is 6.59. The minimum absolute atomic E-state index is 0.274. The summed E-state index contributed by atoms with van der Waals surface area (Å²) in [5, 5.41) is 17.6. The monoisotopic (exact) mass is 201 g/mol. The highest BCUT2D eigenvalue weighted by molar-refractivity contribution is 5.71. The van der Waals surface area contributed by atoms with Gasteiger partial charge in [-0.1, -0.05) is 12.8 Å². The first-order valence-corrected chi connectivity index (χ1v) is 5.26. The lowest BCUT2D eigenvalue weighted by molar-refractivity contribution is -0.147. The summed E-state index contributed by atoms with van der Waals surface area (Å²) in [4.78, 5) is 10.4. The molecule has 1 aliphatic rings. The van der Waals surface area contributed by atoms with Crippen molar-refractivity contribution in [1.29, 1.82) is 0 Å². The van der Waals surface area contributed by atoms with Gasteiger partial charge in [0.05, 0.1) is 0 Å². The molecule has 1 rings (SSSR count). The van der Waals surface area contributed by atoms with Crippen LogP contribution in [0.3, 0.4) is 0 Å². The molecule has 14 heavy (non-hydrogen) atoms. The van der Waals surface area contributed by atoms with Crippen LogP contribution in [0.25, 0.3) is 0 Å². The average molecular weight is 201 g/mol. The van der Waals surface area contributed by atoms with Crippen molar-refractivity contribution in [3.05, 3.63) is 0 Å². The van der Waals surface area contributed by atoms with Gasteiger partial charge in [-0.05, 0) is 31.6 Å². The largest absolute Gasteiger partial charge is 0.479 e. The predicted octanol–water partition coefficient (Wildman–Crippen LogP) is 0.730. The van der Waals surface area contributed by atoms with E-state index in [4.69, 9.17) is 15.9 Å². The van der Waals surface area contributed by atoms with E-state index in [1.165, 1.54) is 0 Å². The Bertz CT molecular complexity index is 196. The van der Waals surface area contributed by atoms with Gasteiger partial charge in [-0.15, -0.1) is 0 Å². The van der Waals surface area contributed by atoms with Crippen LogP contribution in [0.5, 0.6) is 0 Å². The third kappa shape index (κ3) is 3.64. The van der Waals surface area contributed by atoms with Crippen LogP contribution in [0.15, 0.2) is 0 Å². The normalized spacial score (nSPS) is 29.9. The number of hydrogen-bond donors (Lipinski definition) is 3. The smallest absolute Gasteiger partial charge is 0.332 e. The molecule has 0 aliphatic heterocycles. The third-order valence-electron chi connectivity index (χ3n) is 2.96. The van der Waals surface area contributed by atoms with Crippen LogP contribution in [-0.2, 0) is 4.79 Å². The van der Waals surface area contributed by atoms with Crippen molar-refractivity contribution in [3.8, 4) is 0 Å². The van der Waals surface area contributed by atoms with E-state index in [0.717, 1.165) is 32.1 Å². The lowest BCUT2D eigenvalue weighted by atomic mass is 9.83. The molecule has 4 nitrogen and oxygen atoms in total. The molecule has 0 heterocycles. The molecule has 0 bridgehead atoms. The van der Waals surface area contributed by atoms with Crippen molar-refractivity contribution >= 4 is 5.97 Å². The standard InChI is InChI=1S/C10H19NO3/c11-8-3-1-2-7(6-8)4-5-9(12)10(13)14/h7-9,12H,1-6,11H2,(H,13,14)/t7?,8-,9+/m0/s1. The Hall–Kier alpha value is -0.610. The average Bonchev–Trinajstić information content (AvgIpc) is 2.14. The Morgan fingerprint density at radius 2 is 2.21 bits per heavy atom. The number of aliphatic hydroxyl groups excluding tert-OH is 1. The van der Waals surface area contributed by atoms with Crippen molar-refractivity contribution in [2.24, 2.45) is 11.7 Å². The topological polar surface area (TPSA) is 83.5 Å². The van der Waals surface area contributed by atoms with Crippen LogP contribution in [-0.4, -0.2) is 28.3 Å². The van der Waals surface area contributed by atoms with Gasteiger partial charge in [0.15, 0.2) is 6.10 Å². The fraction of sp³-hybridized carbons (Fsp3) is 0.900. The Morgan fingerprint density at radius 3 is 2.79 bits per heavy atom. The fourth-order valence-electron chi connectivity index (χ4n) is 2.11. The highest BCUT2D eigenvalue weighted by atomic mass is 16.4. The molecular weight excluding hydrogens is 182 g/mol. The van der Waals surface area contributed by atoms with Gasteiger partial charge in [0, 0.05) is 6.04 Å². The molecule has 1 saturated carbocycles. The second kappa shape index (κ2) is 5.32. The van der Waals surface area contributed by atoms with Crippen molar-refractivity contribution in [2.45, 2.75) is 50.7 Å². The number of rotatable bonds is 4. The maximum atomic E-state index is 10.4. The van der Waals surface area contributed by atoms with E-state index in [2.05, 4.69) is 0 Å². The molecule has 1 fully saturated rings. The summed E-state index contributed by atoms with van der Waals surface area (Å²) < 4.78 is 0. The molecule has 0 aromatic carbocycles. The van der Waals surface area contributed by atoms with Gasteiger partial charge in [-0.25, -0.2) is 4.79 Å². The van der Waals surface area contributed by atoms with E-state index in [1.807, 2.05) is 0 Å². The zero-order valence-electron chi connectivity index (χ0n) is 8.35. The predicted molar refractivity (Wildman–Crippen MR) is 52.8 cm³/mol. The van der Waals surface area contributed by atoms with Gasteiger partial charge in [-0.3, -0.25) is 0 Å². The maximum Gasteiger partial charge on any atom is 0.332 e. The van der Waals surface area contributed by atoms with Crippen LogP contribution in [0.4, 0.5) is 0 Å². The van der Waals surface area contributed by atoms with Crippen LogP contribution >= 0.6 is 0 Å². The second-order valence-electron chi connectivity index (χ2n) is 4.22. The summed E-state index contributed by atoms with van der Waals surface area (Å²) in [6.07, 6.45) is 4.25. The van der Waals surface area contributed by atoms with Gasteiger partial charge < -0.3 is 15.9 Å². The zero-order chi connectivity index (χ0) is 10.6. The van der Waals surface area contributed by atoms with Crippen molar-refractivity contribution in [3.63, 3.8) is 0 Å². The highest BCUT2D eigenvalue weighted by Gasteiger charge is 2.21. The molecule has 0 radical (unpaired) electrons. The minimum atomic E-state index is -1.20. The number of carbonyl (C=O) groups is 1. The van der Waals surface area contributed by atoms with E-state index < -0.39 is 12.1 Å². The van der Waals surface area contributed by atoms with Gasteiger partial charge in [0.1, 0.15) is 0 Å². The van der Waals surface area contributed by atoms with Gasteiger partial charge in [0.25, 0.3) is 0 Å². The highest BCUT2D eigenvalue weighted by Crippen LogP contribution is 2.27. The first kappa shape index (κ1) is 11.5. The summed E-state index contributed by atoms with van der Waals surface area (Å²) in [6.45, 7) is 0. The Balaban J connectivity index is 2.20. The molecule has 1 aliphatic carbocycles. The second-order valence-corrected chi connectivity index (χ2v) is 4.22. The van der Waals surface area contributed by atoms with Gasteiger partial charge in [0.2, 0.25) is 0 Å². The summed E-state index contributed by atoms with van der Waals surface area (Å²) >= 11 is 0. The van der Waals surface area contributed by atoms with E-state index in [-0.39, 0.29) is 6.04 Å². The van der Waals surface area contributed by atoms with E-state index >= 15 is 0 Å². The van der Waals surface area contributed by atoms with Crippen molar-refractivity contribution < 1.29 is 15.0 Å². The van der Waals surface area contributed by atoms with Crippen molar-refractivity contribution in [1.82, 2.24) is 0 Å². The Morgan fingerprint density at radius 1 is 1.50 bits per heavy atom. The van der Waals surface area contributed by atoms with E-state index in [0.29, 0.717) is 12.3 Å². The SMILES string of the molecule is N[C@H]1CCCC(CC[C@@H](O)C(=O)O)C1. The summed E-state index contributed by atoms with van der Waals surface area (Å²) in [5.74, 6) is -0.613. The number of carboxylic acids is 1. The number of aliphatic hydroxyl groups is 1. The fourth-order valence-corrected chi connectivity index (χ4v) is 2.11.